The van der Waals surface area contributed by atoms with Crippen molar-refractivity contribution in [1.29, 1.82) is 0 Å². The van der Waals surface area contributed by atoms with Crippen molar-refractivity contribution in [3.63, 3.8) is 0 Å². The zero-order valence-corrected chi connectivity index (χ0v) is 13.2. The Kier molecular flexibility index (Phi) is 5.59. The molecule has 108 valence electrons. The highest BCUT2D eigenvalue weighted by atomic mass is 32.1. The summed E-state index contributed by atoms with van der Waals surface area (Å²) >= 11 is 1.87. The second-order valence-electron chi connectivity index (χ2n) is 4.72. The minimum Gasteiger partial charge on any atom is -0.405 e. The number of hydrogen-bond donors (Lipinski definition) is 1. The summed E-state index contributed by atoms with van der Waals surface area (Å²) in [5, 5.41) is 2.61. The Labute approximate surface area is 130 Å². The normalized spacial score (nSPS) is 14.4. The lowest BCUT2D eigenvalue weighted by Crippen LogP contribution is -2.21. The van der Waals surface area contributed by atoms with Gasteiger partial charge in [0.1, 0.15) is 0 Å². The van der Waals surface area contributed by atoms with Crippen LogP contribution in [-0.4, -0.2) is 0 Å². The highest BCUT2D eigenvalue weighted by Gasteiger charge is 2.03. The molecule has 1 aromatic carbocycles. The number of allylic oxidation sites excluding steroid dienone is 4. The summed E-state index contributed by atoms with van der Waals surface area (Å²) in [5.74, 6) is 0. The molecule has 0 fully saturated rings. The van der Waals surface area contributed by atoms with Crippen LogP contribution in [0, 0.1) is 0 Å². The first kappa shape index (κ1) is 15.3. The van der Waals surface area contributed by atoms with Gasteiger partial charge in [-0.05, 0) is 36.8 Å². The summed E-state index contributed by atoms with van der Waals surface area (Å²) in [6.45, 7) is 6.07. The Morgan fingerprint density at radius 1 is 1.29 bits per heavy atom. The predicted octanol–water partition coefficient (Wildman–Crippen LogP) is 3.85. The van der Waals surface area contributed by atoms with Crippen molar-refractivity contribution in [2.24, 2.45) is 5.73 Å². The second-order valence-corrected chi connectivity index (χ2v) is 5.77. The van der Waals surface area contributed by atoms with Gasteiger partial charge in [0, 0.05) is 19.8 Å². The van der Waals surface area contributed by atoms with Crippen molar-refractivity contribution in [2.75, 3.05) is 0 Å². The van der Waals surface area contributed by atoms with E-state index >= 15 is 0 Å². The van der Waals surface area contributed by atoms with Crippen LogP contribution in [0.15, 0.2) is 61.3 Å². The van der Waals surface area contributed by atoms with Gasteiger partial charge in [0.05, 0.1) is 0 Å². The zero-order chi connectivity index (χ0) is 15.1. The Morgan fingerprint density at radius 2 is 2.10 bits per heavy atom. The third-order valence-electron chi connectivity index (χ3n) is 3.39. The first-order valence-electron chi connectivity index (χ1n) is 7.17. The van der Waals surface area contributed by atoms with Crippen LogP contribution in [0.5, 0.6) is 0 Å². The Balaban J connectivity index is 2.66. The van der Waals surface area contributed by atoms with Crippen LogP contribution in [0.1, 0.15) is 19.8 Å². The molecule has 1 nitrogen and oxygen atoms in total. The molecule has 0 atom stereocenters. The van der Waals surface area contributed by atoms with Crippen LogP contribution in [0.2, 0.25) is 0 Å². The quantitative estimate of drug-likeness (QED) is 0.833. The van der Waals surface area contributed by atoms with Gasteiger partial charge in [-0.15, -0.1) is 11.3 Å². The smallest absolute Gasteiger partial charge is 0.0355 e. The van der Waals surface area contributed by atoms with Crippen LogP contribution < -0.4 is 15.5 Å². The average Bonchev–Trinajstić information content (AvgIpc) is 2.87. The molecule has 2 rings (SSSR count). The van der Waals surface area contributed by atoms with Gasteiger partial charge in [-0.2, -0.15) is 0 Å². The largest absolute Gasteiger partial charge is 0.405 e. The molecule has 1 aromatic heterocycles. The molecular formula is C19H21NS. The minimum absolute atomic E-state index is 0.950. The van der Waals surface area contributed by atoms with E-state index in [-0.39, 0.29) is 0 Å². The van der Waals surface area contributed by atoms with E-state index in [1.165, 1.54) is 25.4 Å². The van der Waals surface area contributed by atoms with Crippen molar-refractivity contribution >= 4 is 33.1 Å². The molecule has 2 heteroatoms. The molecule has 0 bridgehead atoms. The number of rotatable bonds is 5. The Bertz CT molecular complexity index is 791. The van der Waals surface area contributed by atoms with Crippen LogP contribution in [0.25, 0.3) is 21.7 Å². The fraction of sp³-hybridized carbons (Fsp3) is 0.158. The summed E-state index contributed by atoms with van der Waals surface area (Å²) < 4.78 is 2.71. The van der Waals surface area contributed by atoms with Gasteiger partial charge in [0.15, 0.2) is 0 Å². The molecule has 0 radical (unpaired) electrons. The Hall–Kier alpha value is -2.06. The maximum atomic E-state index is 5.35. The molecule has 0 spiro atoms. The lowest BCUT2D eigenvalue weighted by atomic mass is 10.1. The van der Waals surface area contributed by atoms with Crippen LogP contribution in [0.3, 0.4) is 0 Å². The van der Waals surface area contributed by atoms with Gasteiger partial charge >= 0.3 is 0 Å². The number of benzene rings is 1. The van der Waals surface area contributed by atoms with Gasteiger partial charge in [-0.3, -0.25) is 0 Å². The zero-order valence-electron chi connectivity index (χ0n) is 12.4. The van der Waals surface area contributed by atoms with Crippen molar-refractivity contribution in [3.8, 4) is 0 Å². The van der Waals surface area contributed by atoms with E-state index in [2.05, 4.69) is 49.9 Å². The van der Waals surface area contributed by atoms with Gasteiger partial charge in [0.25, 0.3) is 0 Å². The molecule has 2 N–H and O–H groups in total. The Morgan fingerprint density at radius 3 is 2.81 bits per heavy atom. The van der Waals surface area contributed by atoms with E-state index < -0.39 is 0 Å². The van der Waals surface area contributed by atoms with E-state index in [9.17, 15) is 0 Å². The molecule has 0 saturated heterocycles. The molecule has 21 heavy (non-hydrogen) atoms. The van der Waals surface area contributed by atoms with Crippen LogP contribution in [-0.2, 0) is 0 Å². The third kappa shape index (κ3) is 3.53. The second kappa shape index (κ2) is 7.65. The lowest BCUT2D eigenvalue weighted by molar-refractivity contribution is 1.16. The standard InChI is InChI=1S/C19H21NS/c1-3-10-17-16-12-7-8-13-18(16)21-19(17)15(4-2)11-6-5-9-14-20/h3,5-10,12-14H,1,4,11,20H2,2H3/b6-5-,14-9-,17-10-,19-15-. The number of hydrogen-bond acceptors (Lipinski definition) is 2. The minimum atomic E-state index is 0.950. The fourth-order valence-electron chi connectivity index (χ4n) is 2.36. The van der Waals surface area contributed by atoms with Crippen molar-refractivity contribution in [1.82, 2.24) is 0 Å². The number of fused-ring (bicyclic) bond motifs is 1. The third-order valence-corrected chi connectivity index (χ3v) is 4.68. The molecule has 0 saturated carbocycles. The molecule has 1 heterocycles. The molecule has 0 aliphatic heterocycles. The maximum Gasteiger partial charge on any atom is 0.0355 e. The van der Waals surface area contributed by atoms with Crippen molar-refractivity contribution in [3.05, 3.63) is 71.1 Å². The number of nitrogens with two attached hydrogens (primary N) is 1. The summed E-state index contributed by atoms with van der Waals surface area (Å²) in [6, 6.07) is 8.56. The van der Waals surface area contributed by atoms with Gasteiger partial charge < -0.3 is 5.73 Å². The van der Waals surface area contributed by atoms with E-state index in [1.54, 1.807) is 6.20 Å². The lowest BCUT2D eigenvalue weighted by Gasteiger charge is -1.98. The van der Waals surface area contributed by atoms with Gasteiger partial charge in [0.2, 0.25) is 0 Å². The summed E-state index contributed by atoms with van der Waals surface area (Å²) in [6.07, 6.45) is 13.6. The molecule has 0 aliphatic rings. The molecular weight excluding hydrogens is 274 g/mol. The highest BCUT2D eigenvalue weighted by molar-refractivity contribution is 7.17. The monoisotopic (exact) mass is 295 g/mol. The van der Waals surface area contributed by atoms with Crippen molar-refractivity contribution in [2.45, 2.75) is 19.8 Å². The average molecular weight is 295 g/mol. The van der Waals surface area contributed by atoms with E-state index in [1.807, 2.05) is 29.6 Å². The summed E-state index contributed by atoms with van der Waals surface area (Å²) in [5.41, 5.74) is 6.80. The highest BCUT2D eigenvalue weighted by Crippen LogP contribution is 2.15. The van der Waals surface area contributed by atoms with Crippen LogP contribution in [0.4, 0.5) is 0 Å². The first-order valence-corrected chi connectivity index (χ1v) is 7.99. The summed E-state index contributed by atoms with van der Waals surface area (Å²) in [4.78, 5) is 0. The topological polar surface area (TPSA) is 26.0 Å². The van der Waals surface area contributed by atoms with Crippen molar-refractivity contribution < 1.29 is 0 Å². The molecule has 0 unspecified atom stereocenters. The summed E-state index contributed by atoms with van der Waals surface area (Å²) in [7, 11) is 0. The maximum absolute atomic E-state index is 5.35. The molecule has 0 aliphatic carbocycles. The first-order chi connectivity index (χ1) is 10.3. The van der Waals surface area contributed by atoms with Gasteiger partial charge in [-0.25, -0.2) is 0 Å². The molecule has 2 aromatic rings. The fourth-order valence-corrected chi connectivity index (χ4v) is 3.68. The SMILES string of the molecule is C=C/C=c1\c(=C(/CC)C/C=C\C=C/N)sc2ccccc12. The molecule has 0 amide bonds. The number of thiophene rings is 1. The predicted molar refractivity (Wildman–Crippen MR) is 96.5 cm³/mol. The van der Waals surface area contributed by atoms with E-state index in [0.717, 1.165) is 12.8 Å². The van der Waals surface area contributed by atoms with Crippen LogP contribution >= 0.6 is 11.3 Å². The van der Waals surface area contributed by atoms with E-state index in [4.69, 9.17) is 5.73 Å². The van der Waals surface area contributed by atoms with Gasteiger partial charge in [-0.1, -0.05) is 56.0 Å². The van der Waals surface area contributed by atoms with E-state index in [0.29, 0.717) is 0 Å².